The Morgan fingerprint density at radius 3 is 2.48 bits per heavy atom. The van der Waals surface area contributed by atoms with Gasteiger partial charge in [-0.3, -0.25) is 9.71 Å². The molecule has 1 aliphatic rings. The van der Waals surface area contributed by atoms with Gasteiger partial charge in [-0.25, -0.2) is 12.8 Å². The van der Waals surface area contributed by atoms with Crippen molar-refractivity contribution in [3.63, 3.8) is 0 Å². The molecule has 0 bridgehead atoms. The third-order valence-corrected chi connectivity index (χ3v) is 4.73. The maximum Gasteiger partial charge on any atom is 0.263 e. The van der Waals surface area contributed by atoms with Crippen molar-refractivity contribution in [1.82, 2.24) is 4.72 Å². The van der Waals surface area contributed by atoms with Gasteiger partial charge in [0.2, 0.25) is 0 Å². The summed E-state index contributed by atoms with van der Waals surface area (Å²) in [5.41, 5.74) is 1.37. The van der Waals surface area contributed by atoms with Crippen LogP contribution in [0.4, 0.5) is 4.39 Å². The second-order valence-corrected chi connectivity index (χ2v) is 6.46. The summed E-state index contributed by atoms with van der Waals surface area (Å²) >= 11 is 0. The van der Waals surface area contributed by atoms with E-state index in [2.05, 4.69) is 9.71 Å². The fourth-order valence-corrected chi connectivity index (χ4v) is 3.48. The molecule has 0 fully saturated rings. The zero-order chi connectivity index (χ0) is 15.0. The molecule has 0 saturated carbocycles. The number of hydrogen-bond acceptors (Lipinski definition) is 3. The first-order chi connectivity index (χ1) is 9.97. The molecule has 1 heterocycles. The Morgan fingerprint density at radius 1 is 1.10 bits per heavy atom. The van der Waals surface area contributed by atoms with Crippen LogP contribution in [0.25, 0.3) is 0 Å². The van der Waals surface area contributed by atoms with Gasteiger partial charge in [0.05, 0.1) is 10.9 Å². The molecule has 1 aliphatic heterocycles. The van der Waals surface area contributed by atoms with Crippen LogP contribution in [0.1, 0.15) is 24.1 Å². The minimum Gasteiger partial charge on any atom is -0.263 e. The first-order valence-corrected chi connectivity index (χ1v) is 7.91. The van der Waals surface area contributed by atoms with Crippen LogP contribution in [0.15, 0.2) is 58.4 Å². The lowest BCUT2D eigenvalue weighted by Crippen LogP contribution is -2.22. The average molecular weight is 304 g/mol. The highest BCUT2D eigenvalue weighted by molar-refractivity contribution is 7.90. The second kappa shape index (κ2) is 4.96. The Labute approximate surface area is 122 Å². The van der Waals surface area contributed by atoms with E-state index < -0.39 is 10.0 Å². The molecule has 0 radical (unpaired) electrons. The summed E-state index contributed by atoms with van der Waals surface area (Å²) < 4.78 is 39.4. The Balaban J connectivity index is 2.00. The van der Waals surface area contributed by atoms with Gasteiger partial charge in [0.15, 0.2) is 0 Å². The van der Waals surface area contributed by atoms with Crippen LogP contribution in [0.3, 0.4) is 0 Å². The molecule has 108 valence electrons. The molecule has 0 aliphatic carbocycles. The molecule has 6 heteroatoms. The maximum atomic E-state index is 12.9. The first kappa shape index (κ1) is 13.8. The van der Waals surface area contributed by atoms with Crippen LogP contribution >= 0.6 is 0 Å². The molecule has 21 heavy (non-hydrogen) atoms. The molecular formula is C15H13FN2O2S. The standard InChI is InChI=1S/C15H13FN2O2S/c1-10(11-6-8-12(16)9-7-11)17-15-13-4-2-3-5-14(13)21(19,20)18-15/h2-10H,1H3,(H,17,18)/t10-/m1/s1. The summed E-state index contributed by atoms with van der Waals surface area (Å²) in [7, 11) is -3.53. The van der Waals surface area contributed by atoms with Crippen molar-refractivity contribution in [1.29, 1.82) is 0 Å². The van der Waals surface area contributed by atoms with Gasteiger partial charge in [0.25, 0.3) is 10.0 Å². The molecule has 2 aromatic carbocycles. The Kier molecular flexibility index (Phi) is 3.25. The van der Waals surface area contributed by atoms with Gasteiger partial charge in [0.1, 0.15) is 11.7 Å². The van der Waals surface area contributed by atoms with Crippen LogP contribution < -0.4 is 4.72 Å². The second-order valence-electron chi connectivity index (χ2n) is 4.81. The molecule has 0 unspecified atom stereocenters. The summed E-state index contributed by atoms with van der Waals surface area (Å²) in [6.07, 6.45) is 0. The number of fused-ring (bicyclic) bond motifs is 1. The summed E-state index contributed by atoms with van der Waals surface area (Å²) in [4.78, 5) is 4.65. The Hall–Kier alpha value is -2.21. The quantitative estimate of drug-likeness (QED) is 0.927. The number of amidine groups is 1. The first-order valence-electron chi connectivity index (χ1n) is 6.43. The molecule has 4 nitrogen and oxygen atoms in total. The maximum absolute atomic E-state index is 12.9. The zero-order valence-electron chi connectivity index (χ0n) is 11.2. The van der Waals surface area contributed by atoms with Crippen LogP contribution in [-0.2, 0) is 10.0 Å². The number of sulfonamides is 1. The topological polar surface area (TPSA) is 58.5 Å². The molecule has 0 spiro atoms. The van der Waals surface area contributed by atoms with Crippen molar-refractivity contribution >= 4 is 15.9 Å². The third kappa shape index (κ3) is 2.54. The van der Waals surface area contributed by atoms with Crippen molar-refractivity contribution in [2.45, 2.75) is 17.9 Å². The predicted molar refractivity (Wildman–Crippen MR) is 78.1 cm³/mol. The van der Waals surface area contributed by atoms with Crippen molar-refractivity contribution in [3.8, 4) is 0 Å². The number of hydrogen-bond donors (Lipinski definition) is 1. The van der Waals surface area contributed by atoms with E-state index in [4.69, 9.17) is 0 Å². The average Bonchev–Trinajstić information content (AvgIpc) is 2.71. The van der Waals surface area contributed by atoms with E-state index in [0.29, 0.717) is 11.4 Å². The molecule has 2 aromatic rings. The predicted octanol–water partition coefficient (Wildman–Crippen LogP) is 2.63. The van der Waals surface area contributed by atoms with E-state index >= 15 is 0 Å². The monoisotopic (exact) mass is 304 g/mol. The van der Waals surface area contributed by atoms with E-state index in [0.717, 1.165) is 5.56 Å². The van der Waals surface area contributed by atoms with Crippen LogP contribution in [0.5, 0.6) is 0 Å². The molecular weight excluding hydrogens is 291 g/mol. The number of halogens is 1. The van der Waals surface area contributed by atoms with Gasteiger partial charge in [-0.2, -0.15) is 0 Å². The number of rotatable bonds is 2. The summed E-state index contributed by atoms with van der Waals surface area (Å²) in [5.74, 6) is 0.00735. The van der Waals surface area contributed by atoms with Crippen LogP contribution in [0.2, 0.25) is 0 Å². The van der Waals surface area contributed by atoms with E-state index in [1.165, 1.54) is 12.1 Å². The lowest BCUT2D eigenvalue weighted by Gasteiger charge is -2.08. The highest BCUT2D eigenvalue weighted by Gasteiger charge is 2.30. The van der Waals surface area contributed by atoms with E-state index in [-0.39, 0.29) is 16.8 Å². The highest BCUT2D eigenvalue weighted by Crippen LogP contribution is 2.25. The minimum atomic E-state index is -3.53. The molecule has 3 rings (SSSR count). The SMILES string of the molecule is C[C@@H](N=C1NS(=O)(=O)c2ccccc21)c1ccc(F)cc1. The van der Waals surface area contributed by atoms with Crippen molar-refractivity contribution in [2.75, 3.05) is 0 Å². The van der Waals surface area contributed by atoms with Crippen molar-refractivity contribution in [3.05, 3.63) is 65.5 Å². The highest BCUT2D eigenvalue weighted by atomic mass is 32.2. The van der Waals surface area contributed by atoms with Gasteiger partial charge >= 0.3 is 0 Å². The molecule has 1 atom stereocenters. The van der Waals surface area contributed by atoms with Crippen LogP contribution in [0, 0.1) is 5.82 Å². The van der Waals surface area contributed by atoms with E-state index in [1.807, 2.05) is 6.92 Å². The molecule has 0 amide bonds. The smallest absolute Gasteiger partial charge is 0.263 e. The minimum absolute atomic E-state index is 0.232. The summed E-state index contributed by atoms with van der Waals surface area (Å²) in [5, 5.41) is 0. The zero-order valence-corrected chi connectivity index (χ0v) is 12.1. The fraction of sp³-hybridized carbons (Fsp3) is 0.133. The fourth-order valence-electron chi connectivity index (χ4n) is 2.24. The van der Waals surface area contributed by atoms with Gasteiger partial charge < -0.3 is 0 Å². The van der Waals surface area contributed by atoms with Crippen molar-refractivity contribution < 1.29 is 12.8 Å². The van der Waals surface area contributed by atoms with E-state index in [9.17, 15) is 12.8 Å². The molecule has 0 saturated heterocycles. The van der Waals surface area contributed by atoms with Gasteiger partial charge in [-0.15, -0.1) is 0 Å². The Bertz CT molecular complexity index is 814. The van der Waals surface area contributed by atoms with Gasteiger partial charge in [-0.1, -0.05) is 24.3 Å². The molecule has 1 N–H and O–H groups in total. The Morgan fingerprint density at radius 2 is 1.76 bits per heavy atom. The molecule has 0 aromatic heterocycles. The largest absolute Gasteiger partial charge is 0.263 e. The third-order valence-electron chi connectivity index (χ3n) is 3.34. The summed E-state index contributed by atoms with van der Waals surface area (Å²) in [6.45, 7) is 1.83. The lowest BCUT2D eigenvalue weighted by atomic mass is 10.1. The summed E-state index contributed by atoms with van der Waals surface area (Å²) in [6, 6.07) is 12.4. The van der Waals surface area contributed by atoms with Gasteiger partial charge in [-0.05, 0) is 36.8 Å². The normalized spacial score (nSPS) is 19.0. The van der Waals surface area contributed by atoms with Crippen LogP contribution in [-0.4, -0.2) is 14.3 Å². The number of nitrogens with zero attached hydrogens (tertiary/aromatic N) is 1. The van der Waals surface area contributed by atoms with Crippen molar-refractivity contribution in [2.24, 2.45) is 4.99 Å². The van der Waals surface area contributed by atoms with Gasteiger partial charge in [0, 0.05) is 5.56 Å². The number of benzene rings is 2. The lowest BCUT2D eigenvalue weighted by molar-refractivity contribution is 0.595. The number of nitrogens with one attached hydrogen (secondary N) is 1. The van der Waals surface area contributed by atoms with E-state index in [1.54, 1.807) is 36.4 Å². The number of aliphatic imine (C=N–C) groups is 1.